The van der Waals surface area contributed by atoms with Crippen LogP contribution in [-0.2, 0) is 10.0 Å². The molecule has 0 radical (unpaired) electrons. The second-order valence-electron chi connectivity index (χ2n) is 8.00. The van der Waals surface area contributed by atoms with Gasteiger partial charge in [0.2, 0.25) is 10.0 Å². The molecule has 0 bridgehead atoms. The fourth-order valence-electron chi connectivity index (χ4n) is 4.18. The minimum atomic E-state index is -3.60. The average molecular weight is 393 g/mol. The van der Waals surface area contributed by atoms with E-state index in [4.69, 9.17) is 0 Å². The molecule has 2 fully saturated rings. The first-order valence-electron chi connectivity index (χ1n) is 10.5. The van der Waals surface area contributed by atoms with Crippen molar-refractivity contribution in [2.75, 3.05) is 0 Å². The van der Waals surface area contributed by atoms with Crippen LogP contribution in [0.25, 0.3) is 0 Å². The highest BCUT2D eigenvalue weighted by molar-refractivity contribution is 7.89. The molecule has 2 aliphatic rings. The Morgan fingerprint density at radius 3 is 1.96 bits per heavy atom. The minimum absolute atomic E-state index is 0.000900. The van der Waals surface area contributed by atoms with Gasteiger partial charge in [-0.2, -0.15) is 0 Å². The van der Waals surface area contributed by atoms with E-state index in [0.29, 0.717) is 5.56 Å². The van der Waals surface area contributed by atoms with Gasteiger partial charge >= 0.3 is 0 Å². The van der Waals surface area contributed by atoms with Crippen LogP contribution in [0, 0.1) is 0 Å². The molecule has 1 aromatic rings. The summed E-state index contributed by atoms with van der Waals surface area (Å²) in [6.07, 6.45) is 13.0. The first-order chi connectivity index (χ1) is 13.0. The van der Waals surface area contributed by atoms with Crippen LogP contribution < -0.4 is 10.0 Å². The van der Waals surface area contributed by atoms with Crippen molar-refractivity contribution in [2.24, 2.45) is 0 Å². The van der Waals surface area contributed by atoms with Gasteiger partial charge < -0.3 is 5.32 Å². The van der Waals surface area contributed by atoms with Gasteiger partial charge in [0.15, 0.2) is 0 Å². The fraction of sp³-hybridized carbons (Fsp3) is 0.667. The largest absolute Gasteiger partial charge is 0.349 e. The van der Waals surface area contributed by atoms with E-state index in [0.717, 1.165) is 51.4 Å². The van der Waals surface area contributed by atoms with Crippen molar-refractivity contribution < 1.29 is 13.2 Å². The number of hydrogen-bond donors (Lipinski definition) is 2. The van der Waals surface area contributed by atoms with E-state index in [9.17, 15) is 13.2 Å². The first kappa shape index (κ1) is 20.3. The number of benzene rings is 1. The lowest BCUT2D eigenvalue weighted by atomic mass is 10.1. The van der Waals surface area contributed by atoms with Crippen molar-refractivity contribution in [3.8, 4) is 0 Å². The molecule has 0 unspecified atom stereocenters. The molecule has 0 spiro atoms. The Bertz CT molecular complexity index is 717. The maximum atomic E-state index is 12.8. The van der Waals surface area contributed by atoms with Gasteiger partial charge in [0.1, 0.15) is 0 Å². The third kappa shape index (κ3) is 6.04. The summed E-state index contributed by atoms with van der Waals surface area (Å²) in [6.45, 7) is 0. The lowest BCUT2D eigenvalue weighted by Crippen LogP contribution is -2.35. The molecule has 150 valence electrons. The van der Waals surface area contributed by atoms with E-state index in [1.54, 1.807) is 18.2 Å². The number of sulfonamides is 1. The van der Waals surface area contributed by atoms with Gasteiger partial charge in [-0.25, -0.2) is 13.1 Å². The normalized spacial score (nSPS) is 20.6. The van der Waals surface area contributed by atoms with Crippen molar-refractivity contribution in [1.29, 1.82) is 0 Å². The molecule has 5 nitrogen and oxygen atoms in total. The van der Waals surface area contributed by atoms with Crippen LogP contribution in [0.15, 0.2) is 29.2 Å². The van der Waals surface area contributed by atoms with Crippen molar-refractivity contribution in [2.45, 2.75) is 94.0 Å². The molecule has 0 aliphatic heterocycles. The van der Waals surface area contributed by atoms with Crippen LogP contribution in [-0.4, -0.2) is 26.4 Å². The summed E-state index contributed by atoms with van der Waals surface area (Å²) < 4.78 is 28.4. The van der Waals surface area contributed by atoms with Crippen LogP contribution in [0.4, 0.5) is 0 Å². The SMILES string of the molecule is O=C(NC1CCCCCC1)c1cccc(S(=O)(=O)NC2CCCCCC2)c1. The van der Waals surface area contributed by atoms with Gasteiger partial charge in [0.05, 0.1) is 4.90 Å². The highest BCUT2D eigenvalue weighted by Gasteiger charge is 2.22. The van der Waals surface area contributed by atoms with Gasteiger partial charge in [-0.3, -0.25) is 4.79 Å². The lowest BCUT2D eigenvalue weighted by Gasteiger charge is -2.18. The zero-order valence-corrected chi connectivity index (χ0v) is 16.9. The van der Waals surface area contributed by atoms with Crippen LogP contribution in [0.3, 0.4) is 0 Å². The molecule has 1 amide bonds. The highest BCUT2D eigenvalue weighted by atomic mass is 32.2. The van der Waals surface area contributed by atoms with Gasteiger partial charge in [-0.05, 0) is 43.9 Å². The number of carbonyl (C=O) groups is 1. The molecule has 0 atom stereocenters. The summed E-state index contributed by atoms with van der Waals surface area (Å²) in [5.41, 5.74) is 0.419. The highest BCUT2D eigenvalue weighted by Crippen LogP contribution is 2.21. The maximum Gasteiger partial charge on any atom is 0.251 e. The van der Waals surface area contributed by atoms with E-state index in [1.807, 2.05) is 0 Å². The van der Waals surface area contributed by atoms with Crippen LogP contribution in [0.2, 0.25) is 0 Å². The maximum absolute atomic E-state index is 12.8. The summed E-state index contributed by atoms with van der Waals surface area (Å²) in [6, 6.07) is 6.62. The molecular formula is C21H32N2O3S. The molecule has 27 heavy (non-hydrogen) atoms. The Morgan fingerprint density at radius 2 is 1.37 bits per heavy atom. The van der Waals surface area contributed by atoms with Crippen LogP contribution in [0.5, 0.6) is 0 Å². The van der Waals surface area contributed by atoms with Crippen LogP contribution >= 0.6 is 0 Å². The standard InChI is InChI=1S/C21H32N2O3S/c24-21(22-18-11-5-1-2-6-12-18)17-10-9-15-20(16-17)27(25,26)23-19-13-7-3-4-8-14-19/h9-10,15-16,18-19,23H,1-8,11-14H2,(H,22,24). The minimum Gasteiger partial charge on any atom is -0.349 e. The molecule has 0 aromatic heterocycles. The predicted octanol–water partition coefficient (Wildman–Crippen LogP) is 4.14. The van der Waals surface area contributed by atoms with Crippen molar-refractivity contribution in [3.63, 3.8) is 0 Å². The van der Waals surface area contributed by atoms with Gasteiger partial charge in [-0.1, -0.05) is 57.4 Å². The molecule has 1 aromatic carbocycles. The fourth-order valence-corrected chi connectivity index (χ4v) is 5.53. The van der Waals surface area contributed by atoms with Gasteiger partial charge in [0.25, 0.3) is 5.91 Å². The second-order valence-corrected chi connectivity index (χ2v) is 9.71. The average Bonchev–Trinajstić information content (AvgIpc) is 3.06. The molecule has 2 saturated carbocycles. The topological polar surface area (TPSA) is 75.3 Å². The zero-order valence-electron chi connectivity index (χ0n) is 16.1. The zero-order chi connectivity index (χ0) is 19.1. The second kappa shape index (κ2) is 9.69. The third-order valence-electron chi connectivity index (χ3n) is 5.77. The number of hydrogen-bond acceptors (Lipinski definition) is 3. The monoisotopic (exact) mass is 392 g/mol. The predicted molar refractivity (Wildman–Crippen MR) is 107 cm³/mol. The van der Waals surface area contributed by atoms with Gasteiger partial charge in [-0.15, -0.1) is 0 Å². The Kier molecular flexibility index (Phi) is 7.30. The molecule has 0 saturated heterocycles. The summed E-state index contributed by atoms with van der Waals surface area (Å²) >= 11 is 0. The van der Waals surface area contributed by atoms with E-state index >= 15 is 0 Å². The number of nitrogens with one attached hydrogen (secondary N) is 2. The summed E-state index contributed by atoms with van der Waals surface area (Å²) in [5, 5.41) is 3.09. The Labute approximate surface area is 163 Å². The quantitative estimate of drug-likeness (QED) is 0.740. The third-order valence-corrected chi connectivity index (χ3v) is 7.29. The smallest absolute Gasteiger partial charge is 0.251 e. The van der Waals surface area contributed by atoms with Crippen molar-refractivity contribution in [1.82, 2.24) is 10.0 Å². The van der Waals surface area contributed by atoms with E-state index in [1.165, 1.54) is 31.7 Å². The van der Waals surface area contributed by atoms with E-state index in [-0.39, 0.29) is 22.9 Å². The molecular weight excluding hydrogens is 360 g/mol. The molecule has 2 aliphatic carbocycles. The molecule has 3 rings (SSSR count). The Balaban J connectivity index is 1.67. The number of amides is 1. The summed E-state index contributed by atoms with van der Waals surface area (Å²) in [7, 11) is -3.60. The van der Waals surface area contributed by atoms with E-state index < -0.39 is 10.0 Å². The first-order valence-corrected chi connectivity index (χ1v) is 12.0. The number of rotatable bonds is 5. The van der Waals surface area contributed by atoms with Crippen molar-refractivity contribution in [3.05, 3.63) is 29.8 Å². The lowest BCUT2D eigenvalue weighted by molar-refractivity contribution is 0.0933. The Hall–Kier alpha value is -1.40. The molecule has 0 heterocycles. The summed E-state index contributed by atoms with van der Waals surface area (Å²) in [5.74, 6) is -0.173. The molecule has 2 N–H and O–H groups in total. The van der Waals surface area contributed by atoms with Crippen LogP contribution in [0.1, 0.15) is 87.4 Å². The Morgan fingerprint density at radius 1 is 0.815 bits per heavy atom. The summed E-state index contributed by atoms with van der Waals surface area (Å²) in [4.78, 5) is 12.8. The van der Waals surface area contributed by atoms with E-state index in [2.05, 4.69) is 10.0 Å². The van der Waals surface area contributed by atoms with Crippen molar-refractivity contribution >= 4 is 15.9 Å². The van der Waals surface area contributed by atoms with Gasteiger partial charge in [0, 0.05) is 17.6 Å². The molecule has 6 heteroatoms. The number of carbonyl (C=O) groups excluding carboxylic acids is 1.